The van der Waals surface area contributed by atoms with Crippen molar-refractivity contribution < 1.29 is 28.7 Å². The fraction of sp³-hybridized carbons (Fsp3) is 0.176. The molecule has 10 nitrogen and oxygen atoms in total. The maximum atomic E-state index is 12.1. The molecule has 0 aliphatic rings. The average molecular weight is 375 g/mol. The van der Waals surface area contributed by atoms with Gasteiger partial charge in [0.2, 0.25) is 0 Å². The number of nitrogens with two attached hydrogens (primary N) is 1. The van der Waals surface area contributed by atoms with Gasteiger partial charge in [0.15, 0.2) is 6.61 Å². The smallest absolute Gasteiger partial charge is 0.341 e. The number of hydrogen-bond acceptors (Lipinski definition) is 8. The monoisotopic (exact) mass is 375 g/mol. The zero-order chi connectivity index (χ0) is 20.0. The van der Waals surface area contributed by atoms with E-state index in [1.54, 1.807) is 12.1 Å². The van der Waals surface area contributed by atoms with Crippen molar-refractivity contribution in [3.63, 3.8) is 0 Å². The first-order valence-corrected chi connectivity index (χ1v) is 7.58. The molecule has 27 heavy (non-hydrogen) atoms. The summed E-state index contributed by atoms with van der Waals surface area (Å²) >= 11 is 0. The predicted molar refractivity (Wildman–Crippen MR) is 96.0 cm³/mol. The number of nitrogens with one attached hydrogen (secondary N) is 1. The summed E-state index contributed by atoms with van der Waals surface area (Å²) in [7, 11) is 2.90. The number of rotatable bonds is 7. The summed E-state index contributed by atoms with van der Waals surface area (Å²) < 4.78 is 15.1. The van der Waals surface area contributed by atoms with E-state index in [-0.39, 0.29) is 16.9 Å². The van der Waals surface area contributed by atoms with Gasteiger partial charge in [-0.2, -0.15) is 0 Å². The zero-order valence-corrected chi connectivity index (χ0v) is 14.6. The molecule has 2 aromatic rings. The largest absolute Gasteiger partial charge is 0.497 e. The molecule has 0 unspecified atom stereocenters. The molecule has 0 radical (unpaired) electrons. The minimum absolute atomic E-state index is 0.000438. The number of methoxy groups -OCH3 is 2. The predicted octanol–water partition coefficient (Wildman–Crippen LogP) is 1.99. The number of nitrogens with zero attached hydrogens (tertiary/aromatic N) is 1. The highest BCUT2D eigenvalue weighted by Crippen LogP contribution is 2.28. The lowest BCUT2D eigenvalue weighted by Gasteiger charge is -2.12. The van der Waals surface area contributed by atoms with Crippen LogP contribution in [0.3, 0.4) is 0 Å². The maximum absolute atomic E-state index is 12.1. The zero-order valence-electron chi connectivity index (χ0n) is 14.6. The molecule has 3 N–H and O–H groups in total. The maximum Gasteiger partial charge on any atom is 0.341 e. The Balaban J connectivity index is 2.05. The minimum atomic E-state index is -0.955. The van der Waals surface area contributed by atoms with Gasteiger partial charge in [0.1, 0.15) is 11.5 Å². The molecule has 0 bridgehead atoms. The summed E-state index contributed by atoms with van der Waals surface area (Å²) in [6, 6.07) is 8.16. The molecular formula is C17H17N3O7. The molecule has 0 aliphatic heterocycles. The van der Waals surface area contributed by atoms with Crippen molar-refractivity contribution in [2.75, 3.05) is 31.9 Å². The van der Waals surface area contributed by atoms with Gasteiger partial charge in [-0.1, -0.05) is 0 Å². The molecular weight excluding hydrogens is 358 g/mol. The van der Waals surface area contributed by atoms with Crippen LogP contribution in [0.15, 0.2) is 36.4 Å². The third-order valence-electron chi connectivity index (χ3n) is 3.48. The van der Waals surface area contributed by atoms with Gasteiger partial charge in [0.05, 0.1) is 30.4 Å². The quantitative estimate of drug-likeness (QED) is 0.324. The second-order valence-corrected chi connectivity index (χ2v) is 5.22. The van der Waals surface area contributed by atoms with Crippen molar-refractivity contribution in [3.05, 3.63) is 52.1 Å². The van der Waals surface area contributed by atoms with E-state index < -0.39 is 23.4 Å². The SMILES string of the molecule is COc1ccc(OC)c(NC(=O)COC(=O)c2cc([N+](=O)[O-])ccc2N)c1. The van der Waals surface area contributed by atoms with Gasteiger partial charge in [-0.25, -0.2) is 4.79 Å². The van der Waals surface area contributed by atoms with Crippen LogP contribution >= 0.6 is 0 Å². The minimum Gasteiger partial charge on any atom is -0.497 e. The number of anilines is 2. The van der Waals surface area contributed by atoms with E-state index in [0.717, 1.165) is 12.1 Å². The topological polar surface area (TPSA) is 143 Å². The first-order valence-electron chi connectivity index (χ1n) is 7.58. The van der Waals surface area contributed by atoms with Crippen LogP contribution in [0.1, 0.15) is 10.4 Å². The first-order chi connectivity index (χ1) is 12.8. The molecule has 0 aliphatic carbocycles. The number of ether oxygens (including phenoxy) is 3. The molecule has 0 saturated heterocycles. The average Bonchev–Trinajstić information content (AvgIpc) is 2.66. The van der Waals surface area contributed by atoms with Gasteiger partial charge in [-0.05, 0) is 18.2 Å². The Morgan fingerprint density at radius 1 is 1.15 bits per heavy atom. The molecule has 0 atom stereocenters. The highest BCUT2D eigenvalue weighted by molar-refractivity contribution is 5.99. The van der Waals surface area contributed by atoms with Gasteiger partial charge >= 0.3 is 5.97 Å². The van der Waals surface area contributed by atoms with E-state index in [0.29, 0.717) is 17.2 Å². The van der Waals surface area contributed by atoms with Crippen molar-refractivity contribution in [2.45, 2.75) is 0 Å². The molecule has 2 aromatic carbocycles. The van der Waals surface area contributed by atoms with Crippen molar-refractivity contribution in [1.29, 1.82) is 0 Å². The normalized spacial score (nSPS) is 10.0. The summed E-state index contributed by atoms with van der Waals surface area (Å²) in [4.78, 5) is 34.2. The van der Waals surface area contributed by atoms with Crippen molar-refractivity contribution in [3.8, 4) is 11.5 Å². The highest BCUT2D eigenvalue weighted by Gasteiger charge is 2.18. The Bertz CT molecular complexity index is 883. The van der Waals surface area contributed by atoms with Gasteiger partial charge in [-0.15, -0.1) is 0 Å². The lowest BCUT2D eigenvalue weighted by atomic mass is 10.1. The Labute approximate surface area is 154 Å². The molecule has 0 aromatic heterocycles. The van der Waals surface area contributed by atoms with Crippen LogP contribution in [0.5, 0.6) is 11.5 Å². The van der Waals surface area contributed by atoms with Gasteiger partial charge in [0, 0.05) is 23.9 Å². The second-order valence-electron chi connectivity index (χ2n) is 5.22. The van der Waals surface area contributed by atoms with E-state index in [1.807, 2.05) is 0 Å². The Kier molecular flexibility index (Phi) is 6.15. The van der Waals surface area contributed by atoms with E-state index in [2.05, 4.69) is 5.32 Å². The molecule has 2 rings (SSSR count). The molecule has 0 fully saturated rings. The molecule has 0 saturated carbocycles. The number of carbonyl (C=O) groups excluding carboxylic acids is 2. The lowest BCUT2D eigenvalue weighted by Crippen LogP contribution is -2.21. The summed E-state index contributed by atoms with van der Waals surface area (Å²) in [5, 5.41) is 13.3. The first kappa shape index (κ1) is 19.5. The van der Waals surface area contributed by atoms with Crippen LogP contribution in [0.25, 0.3) is 0 Å². The number of non-ortho nitro benzene ring substituents is 1. The molecule has 1 amide bonds. The standard InChI is InChI=1S/C17H17N3O7/c1-25-11-4-6-15(26-2)14(8-11)19-16(21)9-27-17(22)12-7-10(20(23)24)3-5-13(12)18/h3-8H,9,18H2,1-2H3,(H,19,21). The highest BCUT2D eigenvalue weighted by atomic mass is 16.6. The number of nitrogen functional groups attached to an aromatic ring is 1. The Morgan fingerprint density at radius 2 is 1.89 bits per heavy atom. The second kappa shape index (κ2) is 8.52. The number of benzene rings is 2. The van der Waals surface area contributed by atoms with E-state index in [4.69, 9.17) is 19.9 Å². The van der Waals surface area contributed by atoms with Crippen LogP contribution in [0, 0.1) is 10.1 Å². The summed E-state index contributed by atoms with van der Waals surface area (Å²) in [6.45, 7) is -0.624. The van der Waals surface area contributed by atoms with Crippen LogP contribution in [0.4, 0.5) is 17.1 Å². The number of nitro benzene ring substituents is 1. The van der Waals surface area contributed by atoms with Gasteiger partial charge in [0.25, 0.3) is 11.6 Å². The third kappa shape index (κ3) is 4.84. The van der Waals surface area contributed by atoms with Crippen molar-refractivity contribution >= 4 is 28.9 Å². The number of carbonyl (C=O) groups is 2. The number of amides is 1. The van der Waals surface area contributed by atoms with E-state index in [1.165, 1.54) is 26.4 Å². The Hall–Kier alpha value is -3.82. The molecule has 10 heteroatoms. The lowest BCUT2D eigenvalue weighted by molar-refractivity contribution is -0.384. The van der Waals surface area contributed by atoms with Gasteiger partial charge in [-0.3, -0.25) is 14.9 Å². The number of esters is 1. The van der Waals surface area contributed by atoms with E-state index >= 15 is 0 Å². The van der Waals surface area contributed by atoms with Crippen LogP contribution in [0.2, 0.25) is 0 Å². The van der Waals surface area contributed by atoms with Gasteiger partial charge < -0.3 is 25.3 Å². The fourth-order valence-electron chi connectivity index (χ4n) is 2.14. The fourth-order valence-corrected chi connectivity index (χ4v) is 2.14. The third-order valence-corrected chi connectivity index (χ3v) is 3.48. The van der Waals surface area contributed by atoms with E-state index in [9.17, 15) is 19.7 Å². The summed E-state index contributed by atoms with van der Waals surface area (Å²) in [6.07, 6.45) is 0. The Morgan fingerprint density at radius 3 is 2.52 bits per heavy atom. The number of nitro groups is 1. The van der Waals surface area contributed by atoms with Crippen molar-refractivity contribution in [1.82, 2.24) is 0 Å². The molecule has 0 spiro atoms. The molecule has 0 heterocycles. The van der Waals surface area contributed by atoms with Crippen LogP contribution < -0.4 is 20.5 Å². The summed E-state index contributed by atoms with van der Waals surface area (Å²) in [5.74, 6) is -0.714. The summed E-state index contributed by atoms with van der Waals surface area (Å²) in [5.41, 5.74) is 5.45. The number of hydrogen-bond donors (Lipinski definition) is 2. The van der Waals surface area contributed by atoms with Crippen molar-refractivity contribution in [2.24, 2.45) is 0 Å². The van der Waals surface area contributed by atoms with Crippen LogP contribution in [-0.4, -0.2) is 37.6 Å². The van der Waals surface area contributed by atoms with Crippen LogP contribution in [-0.2, 0) is 9.53 Å². The molecule has 142 valence electrons.